The molecule has 0 spiro atoms. The van der Waals surface area contributed by atoms with Crippen LogP contribution in [-0.2, 0) is 0 Å². The third kappa shape index (κ3) is 4.07. The van der Waals surface area contributed by atoms with E-state index in [1.54, 1.807) is 0 Å². The average molecular weight is 186 g/mol. The van der Waals surface area contributed by atoms with Crippen LogP contribution in [0, 0.1) is 0 Å². The maximum absolute atomic E-state index is 9.56. The molecular formula is C10H22N2O. The van der Waals surface area contributed by atoms with Gasteiger partial charge in [-0.25, -0.2) is 0 Å². The number of likely N-dealkylation sites (tertiary alicyclic amines) is 1. The Labute approximate surface area is 81.1 Å². The third-order valence-electron chi connectivity index (χ3n) is 2.72. The highest BCUT2D eigenvalue weighted by Crippen LogP contribution is 2.13. The first-order chi connectivity index (χ1) is 6.01. The molecule has 1 fully saturated rings. The summed E-state index contributed by atoms with van der Waals surface area (Å²) in [6.07, 6.45) is 2.10. The van der Waals surface area contributed by atoms with E-state index in [9.17, 15) is 5.11 Å². The van der Waals surface area contributed by atoms with E-state index in [2.05, 4.69) is 10.2 Å². The van der Waals surface area contributed by atoms with Crippen molar-refractivity contribution in [3.63, 3.8) is 0 Å². The Bertz CT molecular complexity index is 153. The van der Waals surface area contributed by atoms with E-state index >= 15 is 0 Å². The summed E-state index contributed by atoms with van der Waals surface area (Å²) in [6.45, 7) is 7.06. The molecular weight excluding hydrogens is 164 g/mol. The van der Waals surface area contributed by atoms with Gasteiger partial charge in [0.15, 0.2) is 0 Å². The number of rotatable bonds is 4. The van der Waals surface area contributed by atoms with Gasteiger partial charge in [0.05, 0.1) is 5.60 Å². The van der Waals surface area contributed by atoms with Crippen LogP contribution in [0.15, 0.2) is 0 Å². The van der Waals surface area contributed by atoms with Crippen LogP contribution in [0.5, 0.6) is 0 Å². The van der Waals surface area contributed by atoms with Gasteiger partial charge >= 0.3 is 0 Å². The molecule has 0 aromatic heterocycles. The van der Waals surface area contributed by atoms with Crippen LogP contribution in [0.2, 0.25) is 0 Å². The largest absolute Gasteiger partial charge is 0.390 e. The van der Waals surface area contributed by atoms with Crippen molar-refractivity contribution in [1.29, 1.82) is 0 Å². The van der Waals surface area contributed by atoms with Gasteiger partial charge in [-0.2, -0.15) is 0 Å². The van der Waals surface area contributed by atoms with E-state index in [4.69, 9.17) is 0 Å². The van der Waals surface area contributed by atoms with Gasteiger partial charge in [0.2, 0.25) is 0 Å². The van der Waals surface area contributed by atoms with Crippen LogP contribution in [0.25, 0.3) is 0 Å². The average Bonchev–Trinajstić information content (AvgIpc) is 2.47. The standard InChI is InChI=1S/C10H22N2O/c1-10(2,13)5-7-12-6-4-9(8-12)11-3/h9,11,13H,4-8H2,1-3H3. The van der Waals surface area contributed by atoms with Crippen molar-refractivity contribution in [3.05, 3.63) is 0 Å². The molecule has 0 aliphatic carbocycles. The van der Waals surface area contributed by atoms with E-state index in [1.165, 1.54) is 13.0 Å². The fourth-order valence-electron chi connectivity index (χ4n) is 1.70. The highest BCUT2D eigenvalue weighted by molar-refractivity contribution is 4.81. The number of nitrogens with zero attached hydrogens (tertiary/aromatic N) is 1. The highest BCUT2D eigenvalue weighted by atomic mass is 16.3. The molecule has 1 saturated heterocycles. The van der Waals surface area contributed by atoms with Crippen LogP contribution >= 0.6 is 0 Å². The molecule has 1 unspecified atom stereocenters. The van der Waals surface area contributed by atoms with Crippen LogP contribution in [0.3, 0.4) is 0 Å². The Kier molecular flexibility index (Phi) is 3.71. The summed E-state index contributed by atoms with van der Waals surface area (Å²) in [5.74, 6) is 0. The maximum atomic E-state index is 9.56. The highest BCUT2D eigenvalue weighted by Gasteiger charge is 2.22. The van der Waals surface area contributed by atoms with Crippen molar-refractivity contribution in [2.24, 2.45) is 0 Å². The summed E-state index contributed by atoms with van der Waals surface area (Å²) in [5, 5.41) is 12.8. The Morgan fingerprint density at radius 2 is 2.23 bits per heavy atom. The molecule has 2 N–H and O–H groups in total. The minimum Gasteiger partial charge on any atom is -0.390 e. The molecule has 0 aromatic rings. The van der Waals surface area contributed by atoms with Crippen molar-refractivity contribution in [3.8, 4) is 0 Å². The van der Waals surface area contributed by atoms with Crippen molar-refractivity contribution < 1.29 is 5.11 Å². The topological polar surface area (TPSA) is 35.5 Å². The fraction of sp³-hybridized carbons (Fsp3) is 1.00. The molecule has 0 aromatic carbocycles. The molecule has 1 aliphatic rings. The first-order valence-corrected chi connectivity index (χ1v) is 5.13. The van der Waals surface area contributed by atoms with E-state index in [0.29, 0.717) is 6.04 Å². The second-order valence-electron chi connectivity index (χ2n) is 4.64. The second kappa shape index (κ2) is 4.40. The molecule has 0 saturated carbocycles. The summed E-state index contributed by atoms with van der Waals surface area (Å²) < 4.78 is 0. The predicted molar refractivity (Wildman–Crippen MR) is 54.8 cm³/mol. The minimum atomic E-state index is -0.516. The molecule has 1 atom stereocenters. The fourth-order valence-corrected chi connectivity index (χ4v) is 1.70. The number of hydrogen-bond donors (Lipinski definition) is 2. The van der Waals surface area contributed by atoms with Crippen molar-refractivity contribution >= 4 is 0 Å². The molecule has 78 valence electrons. The lowest BCUT2D eigenvalue weighted by molar-refractivity contribution is 0.0603. The molecule has 1 aliphatic heterocycles. The van der Waals surface area contributed by atoms with Gasteiger partial charge in [-0.1, -0.05) is 0 Å². The molecule has 0 radical (unpaired) electrons. The lowest BCUT2D eigenvalue weighted by Crippen LogP contribution is -2.33. The normalized spacial score (nSPS) is 25.4. The molecule has 3 heteroatoms. The van der Waals surface area contributed by atoms with Crippen LogP contribution in [0.1, 0.15) is 26.7 Å². The first-order valence-electron chi connectivity index (χ1n) is 5.13. The molecule has 3 nitrogen and oxygen atoms in total. The van der Waals surface area contributed by atoms with E-state index in [1.807, 2.05) is 20.9 Å². The Balaban J connectivity index is 2.17. The number of hydrogen-bond acceptors (Lipinski definition) is 3. The van der Waals surface area contributed by atoms with Gasteiger partial charge in [-0.3, -0.25) is 0 Å². The predicted octanol–water partition coefficient (Wildman–Crippen LogP) is 0.441. The van der Waals surface area contributed by atoms with Crippen LogP contribution in [0.4, 0.5) is 0 Å². The van der Waals surface area contributed by atoms with Gasteiger partial charge in [-0.05, 0) is 40.3 Å². The summed E-state index contributed by atoms with van der Waals surface area (Å²) in [6, 6.07) is 0.654. The SMILES string of the molecule is CNC1CCN(CCC(C)(C)O)C1. The quantitative estimate of drug-likeness (QED) is 0.669. The lowest BCUT2D eigenvalue weighted by Gasteiger charge is -2.22. The summed E-state index contributed by atoms with van der Waals surface area (Å²) in [5.41, 5.74) is -0.516. The first kappa shape index (κ1) is 11.0. The van der Waals surface area contributed by atoms with Gasteiger partial charge in [0.1, 0.15) is 0 Å². The summed E-state index contributed by atoms with van der Waals surface area (Å²) in [7, 11) is 2.02. The Morgan fingerprint density at radius 3 is 2.69 bits per heavy atom. The van der Waals surface area contributed by atoms with Crippen molar-refractivity contribution in [2.45, 2.75) is 38.3 Å². The number of nitrogens with one attached hydrogen (secondary N) is 1. The molecule has 1 heterocycles. The number of aliphatic hydroxyl groups is 1. The van der Waals surface area contributed by atoms with E-state index < -0.39 is 5.60 Å². The van der Waals surface area contributed by atoms with Gasteiger partial charge in [-0.15, -0.1) is 0 Å². The molecule has 1 rings (SSSR count). The molecule has 0 bridgehead atoms. The summed E-state index contributed by atoms with van der Waals surface area (Å²) in [4.78, 5) is 2.42. The zero-order chi connectivity index (χ0) is 9.90. The second-order valence-corrected chi connectivity index (χ2v) is 4.64. The van der Waals surface area contributed by atoms with Crippen LogP contribution < -0.4 is 5.32 Å². The summed E-state index contributed by atoms with van der Waals surface area (Å²) >= 11 is 0. The van der Waals surface area contributed by atoms with Gasteiger partial charge in [0, 0.05) is 19.1 Å². The smallest absolute Gasteiger partial charge is 0.0603 e. The Morgan fingerprint density at radius 1 is 1.54 bits per heavy atom. The number of likely N-dealkylation sites (N-methyl/N-ethyl adjacent to an activating group) is 1. The van der Waals surface area contributed by atoms with Gasteiger partial charge in [0.25, 0.3) is 0 Å². The minimum absolute atomic E-state index is 0.516. The van der Waals surface area contributed by atoms with Crippen LogP contribution in [-0.4, -0.2) is 48.3 Å². The van der Waals surface area contributed by atoms with Crippen molar-refractivity contribution in [2.75, 3.05) is 26.7 Å². The van der Waals surface area contributed by atoms with E-state index in [-0.39, 0.29) is 0 Å². The maximum Gasteiger partial charge on any atom is 0.0603 e. The molecule has 0 amide bonds. The van der Waals surface area contributed by atoms with Crippen molar-refractivity contribution in [1.82, 2.24) is 10.2 Å². The third-order valence-corrected chi connectivity index (χ3v) is 2.72. The van der Waals surface area contributed by atoms with E-state index in [0.717, 1.165) is 19.5 Å². The van der Waals surface area contributed by atoms with Gasteiger partial charge < -0.3 is 15.3 Å². The lowest BCUT2D eigenvalue weighted by atomic mass is 10.1. The zero-order valence-electron chi connectivity index (χ0n) is 9.01. The Hall–Kier alpha value is -0.120. The monoisotopic (exact) mass is 186 g/mol. The zero-order valence-corrected chi connectivity index (χ0v) is 9.01. The molecule has 13 heavy (non-hydrogen) atoms.